The fourth-order valence-corrected chi connectivity index (χ4v) is 0.982. The first-order valence-corrected chi connectivity index (χ1v) is 3.34. The van der Waals surface area contributed by atoms with Gasteiger partial charge in [0, 0.05) is 6.20 Å². The molecular formula is C6H3N3O2S. The molecule has 60 valence electrons. The quantitative estimate of drug-likeness (QED) is 0.404. The van der Waals surface area contributed by atoms with Gasteiger partial charge in [0.2, 0.25) is 0 Å². The van der Waals surface area contributed by atoms with Gasteiger partial charge in [-0.2, -0.15) is 5.26 Å². The summed E-state index contributed by atoms with van der Waals surface area (Å²) in [7, 11) is 0. The Morgan fingerprint density at radius 2 is 2.42 bits per heavy atom. The highest BCUT2D eigenvalue weighted by Gasteiger charge is 2.14. The molecule has 1 aromatic rings. The number of aromatic nitrogens is 1. The second kappa shape index (κ2) is 3.11. The molecule has 1 N–H and O–H groups in total. The van der Waals surface area contributed by atoms with Crippen molar-refractivity contribution in [2.75, 3.05) is 0 Å². The molecule has 5 nitrogen and oxygen atoms in total. The van der Waals surface area contributed by atoms with E-state index in [1.54, 1.807) is 6.07 Å². The van der Waals surface area contributed by atoms with Crippen LogP contribution in [0.25, 0.3) is 0 Å². The molecule has 0 amide bonds. The molecule has 6 heteroatoms. The first-order valence-electron chi connectivity index (χ1n) is 2.93. The summed E-state index contributed by atoms with van der Waals surface area (Å²) in [6, 6.07) is 3.02. The summed E-state index contributed by atoms with van der Waals surface area (Å²) in [6.45, 7) is 0. The van der Waals surface area contributed by atoms with Crippen LogP contribution in [-0.2, 0) is 0 Å². The zero-order valence-electron chi connectivity index (χ0n) is 5.77. The minimum Gasteiger partial charge on any atom is -0.347 e. The molecule has 0 aliphatic heterocycles. The summed E-state index contributed by atoms with van der Waals surface area (Å²) >= 11 is 4.67. The van der Waals surface area contributed by atoms with E-state index in [-0.39, 0.29) is 15.9 Å². The number of aromatic amines is 1. The Labute approximate surface area is 72.4 Å². The number of nitriles is 1. The van der Waals surface area contributed by atoms with Crippen molar-refractivity contribution in [2.45, 2.75) is 0 Å². The maximum Gasteiger partial charge on any atom is 0.321 e. The lowest BCUT2D eigenvalue weighted by Crippen LogP contribution is -1.95. The van der Waals surface area contributed by atoms with Crippen molar-refractivity contribution in [1.29, 1.82) is 5.26 Å². The maximum absolute atomic E-state index is 10.4. The largest absolute Gasteiger partial charge is 0.347 e. The molecule has 0 atom stereocenters. The molecule has 0 aromatic carbocycles. The van der Waals surface area contributed by atoms with Crippen LogP contribution in [0.15, 0.2) is 12.3 Å². The number of rotatable bonds is 1. The summed E-state index contributed by atoms with van der Waals surface area (Å²) in [5, 5.41) is 18.8. The number of hydrogen-bond donors (Lipinski definition) is 1. The molecule has 0 fully saturated rings. The van der Waals surface area contributed by atoms with E-state index in [0.717, 1.165) is 0 Å². The van der Waals surface area contributed by atoms with E-state index in [1.807, 2.05) is 0 Å². The molecule has 12 heavy (non-hydrogen) atoms. The van der Waals surface area contributed by atoms with E-state index in [0.29, 0.717) is 0 Å². The molecular weight excluding hydrogens is 178 g/mol. The minimum absolute atomic E-state index is 0.0651. The molecule has 1 aromatic heterocycles. The summed E-state index contributed by atoms with van der Waals surface area (Å²) < 4.78 is 0.0651. The third-order valence-corrected chi connectivity index (χ3v) is 1.56. The third kappa shape index (κ3) is 1.31. The second-order valence-corrected chi connectivity index (χ2v) is 2.37. The molecule has 0 saturated heterocycles. The number of hydrogen-bond acceptors (Lipinski definition) is 4. The standard InChI is InChI=1S/C6H3N3O2S/c7-3-4-6(9(10)11)5(12)1-2-8-4/h1-2H,(H,8,12). The average molecular weight is 181 g/mol. The fourth-order valence-electron chi connectivity index (χ4n) is 0.738. The average Bonchev–Trinajstić information content (AvgIpc) is 2.03. The third-order valence-electron chi connectivity index (χ3n) is 1.23. The molecule has 1 heterocycles. The number of pyridine rings is 1. The zero-order chi connectivity index (χ0) is 9.14. The van der Waals surface area contributed by atoms with Gasteiger partial charge in [0.25, 0.3) is 0 Å². The van der Waals surface area contributed by atoms with E-state index >= 15 is 0 Å². The monoisotopic (exact) mass is 181 g/mol. The van der Waals surface area contributed by atoms with Gasteiger partial charge in [-0.15, -0.1) is 0 Å². The van der Waals surface area contributed by atoms with Crippen molar-refractivity contribution in [1.82, 2.24) is 4.98 Å². The van der Waals surface area contributed by atoms with Crippen molar-refractivity contribution in [3.63, 3.8) is 0 Å². The first-order chi connectivity index (χ1) is 5.66. The van der Waals surface area contributed by atoms with Crippen LogP contribution < -0.4 is 0 Å². The predicted octanol–water partition coefficient (Wildman–Crippen LogP) is 1.52. The molecule has 0 aliphatic rings. The topological polar surface area (TPSA) is 82.7 Å². The number of nitro groups is 1. The van der Waals surface area contributed by atoms with Crippen molar-refractivity contribution in [2.24, 2.45) is 0 Å². The highest BCUT2D eigenvalue weighted by Crippen LogP contribution is 2.15. The van der Waals surface area contributed by atoms with E-state index < -0.39 is 4.92 Å². The Balaban J connectivity index is 3.54. The van der Waals surface area contributed by atoms with E-state index in [9.17, 15) is 10.1 Å². The Kier molecular flexibility index (Phi) is 2.16. The van der Waals surface area contributed by atoms with Gasteiger partial charge in [-0.25, -0.2) is 0 Å². The predicted molar refractivity (Wildman–Crippen MR) is 43.0 cm³/mol. The van der Waals surface area contributed by atoms with Gasteiger partial charge in [0.05, 0.1) is 4.92 Å². The van der Waals surface area contributed by atoms with Crippen LogP contribution in [0.5, 0.6) is 0 Å². The number of nitrogens with zero attached hydrogens (tertiary/aromatic N) is 2. The fraction of sp³-hybridized carbons (Fsp3) is 0. The van der Waals surface area contributed by atoms with Crippen LogP contribution in [0.1, 0.15) is 5.69 Å². The molecule has 1 rings (SSSR count). The Hall–Kier alpha value is -1.74. The van der Waals surface area contributed by atoms with Gasteiger partial charge >= 0.3 is 5.69 Å². The molecule has 0 radical (unpaired) electrons. The van der Waals surface area contributed by atoms with Crippen LogP contribution in [0.3, 0.4) is 0 Å². The van der Waals surface area contributed by atoms with Gasteiger partial charge in [-0.3, -0.25) is 10.1 Å². The Bertz CT molecular complexity index is 418. The zero-order valence-corrected chi connectivity index (χ0v) is 6.59. The summed E-state index contributed by atoms with van der Waals surface area (Å²) in [4.78, 5) is 12.1. The molecule has 0 bridgehead atoms. The Morgan fingerprint density at radius 1 is 1.75 bits per heavy atom. The molecule has 0 unspecified atom stereocenters. The van der Waals surface area contributed by atoms with Gasteiger partial charge < -0.3 is 4.98 Å². The smallest absolute Gasteiger partial charge is 0.321 e. The van der Waals surface area contributed by atoms with Gasteiger partial charge in [-0.05, 0) is 6.07 Å². The van der Waals surface area contributed by atoms with Crippen LogP contribution in [0, 0.1) is 26.0 Å². The molecule has 0 aliphatic carbocycles. The normalized spacial score (nSPS) is 8.92. The summed E-state index contributed by atoms with van der Waals surface area (Å²) in [5.41, 5.74) is -0.456. The van der Waals surface area contributed by atoms with E-state index in [4.69, 9.17) is 5.26 Å². The van der Waals surface area contributed by atoms with Gasteiger partial charge in [0.1, 0.15) is 10.6 Å². The van der Waals surface area contributed by atoms with Crippen molar-refractivity contribution in [3.8, 4) is 6.07 Å². The first kappa shape index (κ1) is 8.36. The van der Waals surface area contributed by atoms with Crippen molar-refractivity contribution < 1.29 is 4.92 Å². The molecule has 0 saturated carbocycles. The van der Waals surface area contributed by atoms with Gasteiger partial charge in [0.15, 0.2) is 5.69 Å². The maximum atomic E-state index is 10.4. The molecule has 0 spiro atoms. The van der Waals surface area contributed by atoms with Crippen molar-refractivity contribution >= 4 is 17.9 Å². The van der Waals surface area contributed by atoms with Crippen LogP contribution in [0.4, 0.5) is 5.69 Å². The summed E-state index contributed by atoms with van der Waals surface area (Å²) in [5.74, 6) is 0. The lowest BCUT2D eigenvalue weighted by atomic mass is 10.3. The van der Waals surface area contributed by atoms with Crippen molar-refractivity contribution in [3.05, 3.63) is 32.6 Å². The summed E-state index contributed by atoms with van der Waals surface area (Å²) in [6.07, 6.45) is 1.40. The minimum atomic E-state index is -0.669. The number of nitrogens with one attached hydrogen (secondary N) is 1. The number of H-pyrrole nitrogens is 1. The lowest BCUT2D eigenvalue weighted by Gasteiger charge is -1.92. The second-order valence-electron chi connectivity index (χ2n) is 1.93. The van der Waals surface area contributed by atoms with Gasteiger partial charge in [-0.1, -0.05) is 12.2 Å². The highest BCUT2D eigenvalue weighted by molar-refractivity contribution is 7.71. The van der Waals surface area contributed by atoms with Crippen LogP contribution in [0.2, 0.25) is 0 Å². The van der Waals surface area contributed by atoms with Crippen LogP contribution >= 0.6 is 12.2 Å². The SMILES string of the molecule is N#Cc1[nH]ccc(=S)c1[N+](=O)[O-]. The Morgan fingerprint density at radius 3 is 2.83 bits per heavy atom. The lowest BCUT2D eigenvalue weighted by molar-refractivity contribution is -0.385. The highest BCUT2D eigenvalue weighted by atomic mass is 32.1. The van der Waals surface area contributed by atoms with E-state index in [1.165, 1.54) is 12.3 Å². The van der Waals surface area contributed by atoms with E-state index in [2.05, 4.69) is 17.2 Å². The van der Waals surface area contributed by atoms with Crippen LogP contribution in [-0.4, -0.2) is 9.91 Å².